The normalized spacial score (nSPS) is 20.1. The number of thioether (sulfide) groups is 1. The predicted molar refractivity (Wildman–Crippen MR) is 149 cm³/mol. The smallest absolute Gasteiger partial charge is 0.254 e. The minimum atomic E-state index is -0.627. The molecule has 0 saturated carbocycles. The lowest BCUT2D eigenvalue weighted by atomic mass is 9.92. The van der Waals surface area contributed by atoms with Crippen molar-refractivity contribution in [3.8, 4) is 5.75 Å². The molecule has 2 aliphatic rings. The molecule has 1 aliphatic carbocycles. The molecule has 0 spiro atoms. The molecule has 2 heterocycles. The van der Waals surface area contributed by atoms with Crippen molar-refractivity contribution in [2.45, 2.75) is 65.5 Å². The number of carbonyl (C=O) groups excluding carboxylic acids is 2. The van der Waals surface area contributed by atoms with Crippen molar-refractivity contribution >= 4 is 27.8 Å². The van der Waals surface area contributed by atoms with E-state index < -0.39 is 11.7 Å². The van der Waals surface area contributed by atoms with Crippen molar-refractivity contribution < 1.29 is 18.7 Å². The number of aryl methyl sites for hydroxylation is 2. The summed E-state index contributed by atoms with van der Waals surface area (Å²) in [6.07, 6.45) is 4.96. The molecule has 1 aromatic carbocycles. The Morgan fingerprint density at radius 1 is 1.26 bits per heavy atom. The van der Waals surface area contributed by atoms with Crippen molar-refractivity contribution in [3.63, 3.8) is 0 Å². The Labute approximate surface area is 228 Å². The number of ether oxygens (including phenoxy) is 1. The number of aromatic nitrogens is 1. The summed E-state index contributed by atoms with van der Waals surface area (Å²) in [6.45, 7) is 8.27. The Morgan fingerprint density at radius 2 is 2.05 bits per heavy atom. The molecule has 1 amide bonds. The third kappa shape index (κ3) is 6.80. The number of piperidine rings is 1. The number of nitrogens with one attached hydrogen (secondary N) is 1. The van der Waals surface area contributed by atoms with Crippen LogP contribution in [0.25, 0.3) is 0 Å². The van der Waals surface area contributed by atoms with E-state index in [1.807, 2.05) is 13.0 Å². The summed E-state index contributed by atoms with van der Waals surface area (Å²) in [7, 11) is 1.66. The highest BCUT2D eigenvalue weighted by Crippen LogP contribution is 2.27. The molecule has 2 atom stereocenters. The second kappa shape index (κ2) is 12.8. The minimum absolute atomic E-state index is 0.0274. The first-order valence-corrected chi connectivity index (χ1v) is 14.2. The van der Waals surface area contributed by atoms with Gasteiger partial charge in [-0.05, 0) is 86.7 Å². The minimum Gasteiger partial charge on any atom is -0.489 e. The quantitative estimate of drug-likeness (QED) is 0.404. The first-order valence-electron chi connectivity index (χ1n) is 13.4. The molecule has 7 nitrogen and oxygen atoms in total. The van der Waals surface area contributed by atoms with E-state index in [0.29, 0.717) is 30.4 Å². The van der Waals surface area contributed by atoms with Crippen LogP contribution >= 0.6 is 11.8 Å². The van der Waals surface area contributed by atoms with Crippen molar-refractivity contribution in [3.05, 3.63) is 58.2 Å². The summed E-state index contributed by atoms with van der Waals surface area (Å²) in [6, 6.07) is 6.19. The number of halogens is 1. The van der Waals surface area contributed by atoms with Gasteiger partial charge in [-0.1, -0.05) is 6.92 Å². The number of carbonyl (C=O) groups is 2. The van der Waals surface area contributed by atoms with E-state index in [-0.39, 0.29) is 22.6 Å². The molecule has 1 aromatic heterocycles. The van der Waals surface area contributed by atoms with Crippen LogP contribution in [0.5, 0.6) is 5.75 Å². The molecule has 1 saturated heterocycles. The zero-order chi connectivity index (χ0) is 27.2. The van der Waals surface area contributed by atoms with Crippen molar-refractivity contribution in [1.82, 2.24) is 15.2 Å². The highest BCUT2D eigenvalue weighted by atomic mass is 32.2. The second-order valence-corrected chi connectivity index (χ2v) is 11.2. The van der Waals surface area contributed by atoms with Gasteiger partial charge in [0.1, 0.15) is 18.2 Å². The van der Waals surface area contributed by atoms with Crippen LogP contribution in [0.15, 0.2) is 29.3 Å². The lowest BCUT2D eigenvalue weighted by molar-refractivity contribution is -0.109. The van der Waals surface area contributed by atoms with Crippen molar-refractivity contribution in [2.75, 3.05) is 26.7 Å². The number of hydrogen-bond donors (Lipinski definition) is 1. The fourth-order valence-corrected chi connectivity index (χ4v) is 6.19. The highest BCUT2D eigenvalue weighted by Gasteiger charge is 2.34. The summed E-state index contributed by atoms with van der Waals surface area (Å²) in [4.78, 5) is 36.2. The monoisotopic (exact) mass is 540 g/mol. The maximum Gasteiger partial charge on any atom is 0.254 e. The highest BCUT2D eigenvalue weighted by molar-refractivity contribution is 8.26. The van der Waals surface area contributed by atoms with E-state index in [1.54, 1.807) is 13.1 Å². The van der Waals surface area contributed by atoms with Crippen LogP contribution in [0, 0.1) is 18.7 Å². The van der Waals surface area contributed by atoms with Crippen molar-refractivity contribution in [1.29, 1.82) is 0 Å². The molecule has 9 heteroatoms. The molecule has 1 aliphatic heterocycles. The van der Waals surface area contributed by atoms with Gasteiger partial charge in [-0.3, -0.25) is 19.6 Å². The first-order chi connectivity index (χ1) is 18.3. The van der Waals surface area contributed by atoms with Gasteiger partial charge < -0.3 is 15.0 Å². The Hall–Kier alpha value is -2.78. The number of amides is 1. The summed E-state index contributed by atoms with van der Waals surface area (Å²) in [5, 5.41) is 3.66. The third-order valence-corrected chi connectivity index (χ3v) is 8.33. The lowest BCUT2D eigenvalue weighted by Gasteiger charge is -2.38. The summed E-state index contributed by atoms with van der Waals surface area (Å²) < 4.78 is 21.0. The van der Waals surface area contributed by atoms with Gasteiger partial charge in [0.05, 0.1) is 10.6 Å². The summed E-state index contributed by atoms with van der Waals surface area (Å²) >= 11 is 1.10. The van der Waals surface area contributed by atoms with Gasteiger partial charge in [-0.25, -0.2) is 4.39 Å². The van der Waals surface area contributed by atoms with Crippen LogP contribution in [0.1, 0.15) is 66.0 Å². The number of hydrogen-bond acceptors (Lipinski definition) is 7. The second-order valence-electron chi connectivity index (χ2n) is 10.0. The SMILES string of the molecule is CCN1CCC(NC(=O)c2ccc(OCc3cc(C)nc4c3CCCC4)cc2F)C(C(=NC)SC(C)=O)C1. The van der Waals surface area contributed by atoms with Crippen LogP contribution in [0.3, 0.4) is 0 Å². The Kier molecular flexibility index (Phi) is 9.54. The molecule has 2 unspecified atom stereocenters. The van der Waals surface area contributed by atoms with Gasteiger partial charge in [0, 0.05) is 56.5 Å². The summed E-state index contributed by atoms with van der Waals surface area (Å²) in [5.41, 5.74) is 4.42. The first kappa shape index (κ1) is 28.2. The largest absolute Gasteiger partial charge is 0.489 e. The van der Waals surface area contributed by atoms with Gasteiger partial charge in [0.25, 0.3) is 5.91 Å². The number of likely N-dealkylation sites (tertiary alicyclic amines) is 1. The molecule has 38 heavy (non-hydrogen) atoms. The molecule has 0 bridgehead atoms. The fourth-order valence-electron chi connectivity index (χ4n) is 5.41. The van der Waals surface area contributed by atoms with Crippen LogP contribution in [0.2, 0.25) is 0 Å². The van der Waals surface area contributed by atoms with Gasteiger partial charge in [0.2, 0.25) is 0 Å². The molecular formula is C29H37FN4O3S. The maximum atomic E-state index is 15.1. The van der Waals surface area contributed by atoms with E-state index in [2.05, 4.69) is 27.1 Å². The van der Waals surface area contributed by atoms with E-state index in [4.69, 9.17) is 4.74 Å². The molecular weight excluding hydrogens is 503 g/mol. The predicted octanol–water partition coefficient (Wildman–Crippen LogP) is 4.74. The van der Waals surface area contributed by atoms with Gasteiger partial charge in [-0.15, -0.1) is 0 Å². The Balaban J connectivity index is 1.44. The fraction of sp³-hybridized carbons (Fsp3) is 0.517. The zero-order valence-corrected chi connectivity index (χ0v) is 23.5. The Morgan fingerprint density at radius 3 is 2.76 bits per heavy atom. The van der Waals surface area contributed by atoms with Crippen LogP contribution in [-0.2, 0) is 24.2 Å². The van der Waals surface area contributed by atoms with Crippen LogP contribution in [-0.4, -0.2) is 58.7 Å². The third-order valence-electron chi connectivity index (χ3n) is 7.35. The average Bonchev–Trinajstić information content (AvgIpc) is 2.90. The number of fused-ring (bicyclic) bond motifs is 1. The number of pyridine rings is 1. The summed E-state index contributed by atoms with van der Waals surface area (Å²) in [5.74, 6) is -0.855. The zero-order valence-electron chi connectivity index (χ0n) is 22.7. The number of rotatable bonds is 7. The maximum absolute atomic E-state index is 15.1. The van der Waals surface area contributed by atoms with Gasteiger partial charge >= 0.3 is 0 Å². The molecule has 0 radical (unpaired) electrons. The van der Waals surface area contributed by atoms with Crippen LogP contribution in [0.4, 0.5) is 4.39 Å². The number of nitrogens with zero attached hydrogens (tertiary/aromatic N) is 3. The van der Waals surface area contributed by atoms with Gasteiger partial charge in [0.15, 0.2) is 5.12 Å². The van der Waals surface area contributed by atoms with E-state index in [9.17, 15) is 9.59 Å². The topological polar surface area (TPSA) is 83.9 Å². The lowest BCUT2D eigenvalue weighted by Crippen LogP contribution is -2.53. The molecule has 1 N–H and O–H groups in total. The van der Waals surface area contributed by atoms with Crippen LogP contribution < -0.4 is 10.1 Å². The van der Waals surface area contributed by atoms with E-state index in [0.717, 1.165) is 67.5 Å². The van der Waals surface area contributed by atoms with E-state index in [1.165, 1.54) is 24.6 Å². The molecule has 1 fully saturated rings. The molecule has 2 aromatic rings. The Bertz CT molecular complexity index is 1220. The average molecular weight is 541 g/mol. The van der Waals surface area contributed by atoms with Gasteiger partial charge in [-0.2, -0.15) is 0 Å². The van der Waals surface area contributed by atoms with E-state index >= 15 is 4.39 Å². The van der Waals surface area contributed by atoms with Crippen molar-refractivity contribution in [2.24, 2.45) is 10.9 Å². The number of benzene rings is 1. The molecule has 204 valence electrons. The standard InChI is InChI=1S/C29H37FN4O3S/c1-5-34-13-12-27(24(16-34)29(31-4)38-19(3)35)33-28(36)23-11-10-21(15-25(23)30)37-17-20-14-18(2)32-26-9-7-6-8-22(20)26/h10-11,14-15,24,27H,5-9,12-13,16-17H2,1-4H3,(H,33,36). The number of aliphatic imine (C=N–C) groups is 1. The molecule has 4 rings (SSSR count).